The van der Waals surface area contributed by atoms with Gasteiger partial charge in [0.2, 0.25) is 6.10 Å². The van der Waals surface area contributed by atoms with E-state index in [0.29, 0.717) is 31.1 Å². The van der Waals surface area contributed by atoms with E-state index in [-0.39, 0.29) is 18.3 Å². The van der Waals surface area contributed by atoms with Crippen LogP contribution < -0.4 is 0 Å². The topological polar surface area (TPSA) is 69.7 Å². The molecule has 2 aliphatic carbocycles. The molecule has 0 aromatic heterocycles. The summed E-state index contributed by atoms with van der Waals surface area (Å²) in [6, 6.07) is 0. The van der Waals surface area contributed by atoms with Crippen molar-refractivity contribution in [3.8, 4) is 0 Å². The molecule has 2 rings (SSSR count). The zero-order valence-electron chi connectivity index (χ0n) is 20.7. The summed E-state index contributed by atoms with van der Waals surface area (Å²) in [6.07, 6.45) is 14.1. The lowest BCUT2D eigenvalue weighted by molar-refractivity contribution is -0.161. The van der Waals surface area contributed by atoms with Crippen molar-refractivity contribution < 1.29 is 23.9 Å². The lowest BCUT2D eigenvalue weighted by Crippen LogP contribution is -2.34. The van der Waals surface area contributed by atoms with E-state index < -0.39 is 12.1 Å². The van der Waals surface area contributed by atoms with E-state index in [4.69, 9.17) is 9.47 Å². The molecule has 2 saturated carbocycles. The molecule has 5 heteroatoms. The van der Waals surface area contributed by atoms with Crippen molar-refractivity contribution >= 4 is 17.5 Å². The Hall–Kier alpha value is -1.23. The second-order valence-corrected chi connectivity index (χ2v) is 10.1. The van der Waals surface area contributed by atoms with Crippen LogP contribution in [0.2, 0.25) is 0 Å². The Kier molecular flexibility index (Phi) is 12.5. The number of rotatable bonds is 15. The molecular formula is C27H46O5. The minimum Gasteiger partial charge on any atom is -0.464 e. The van der Waals surface area contributed by atoms with Crippen LogP contribution in [0.25, 0.3) is 0 Å². The molecular weight excluding hydrogens is 404 g/mol. The van der Waals surface area contributed by atoms with Gasteiger partial charge in [0.05, 0.1) is 6.61 Å². The molecule has 0 heterocycles. The maximum absolute atomic E-state index is 12.4. The predicted molar refractivity (Wildman–Crippen MR) is 126 cm³/mol. The van der Waals surface area contributed by atoms with Gasteiger partial charge >= 0.3 is 5.97 Å². The van der Waals surface area contributed by atoms with Crippen LogP contribution in [0.15, 0.2) is 0 Å². The van der Waals surface area contributed by atoms with Crippen LogP contribution in [0.3, 0.4) is 0 Å². The van der Waals surface area contributed by atoms with Gasteiger partial charge in [-0.1, -0.05) is 58.3 Å². The average Bonchev–Trinajstić information content (AvgIpc) is 3.13. The summed E-state index contributed by atoms with van der Waals surface area (Å²) < 4.78 is 10.3. The highest BCUT2D eigenvalue weighted by Crippen LogP contribution is 2.37. The summed E-state index contributed by atoms with van der Waals surface area (Å²) in [4.78, 5) is 36.8. The number of hydrogen-bond acceptors (Lipinski definition) is 5. The first kappa shape index (κ1) is 27.0. The number of carbonyl (C=O) groups is 3. The Morgan fingerprint density at radius 2 is 1.59 bits per heavy atom. The first-order chi connectivity index (χ1) is 15.5. The van der Waals surface area contributed by atoms with Gasteiger partial charge < -0.3 is 9.47 Å². The molecule has 2 fully saturated rings. The van der Waals surface area contributed by atoms with E-state index >= 15 is 0 Å². The number of ketones is 2. The molecule has 0 spiro atoms. The minimum atomic E-state index is -1.10. The van der Waals surface area contributed by atoms with Gasteiger partial charge in [-0.05, 0) is 57.3 Å². The van der Waals surface area contributed by atoms with Crippen molar-refractivity contribution in [3.63, 3.8) is 0 Å². The van der Waals surface area contributed by atoms with Crippen molar-refractivity contribution in [3.05, 3.63) is 0 Å². The largest absolute Gasteiger partial charge is 0.464 e. The molecule has 2 aliphatic rings. The summed E-state index contributed by atoms with van der Waals surface area (Å²) in [5, 5.41) is 0. The van der Waals surface area contributed by atoms with Gasteiger partial charge in [0.1, 0.15) is 5.78 Å². The summed E-state index contributed by atoms with van der Waals surface area (Å²) in [7, 11) is 0. The van der Waals surface area contributed by atoms with Gasteiger partial charge in [0, 0.05) is 25.4 Å². The van der Waals surface area contributed by atoms with Crippen molar-refractivity contribution in [1.29, 1.82) is 0 Å². The van der Waals surface area contributed by atoms with Crippen LogP contribution >= 0.6 is 0 Å². The summed E-state index contributed by atoms with van der Waals surface area (Å²) in [5.74, 6) is 2.17. The van der Waals surface area contributed by atoms with Crippen molar-refractivity contribution in [2.75, 3.05) is 13.2 Å². The molecule has 0 saturated heterocycles. The Balaban J connectivity index is 1.65. The number of carbonyl (C=O) groups excluding carboxylic acids is 3. The number of hydrogen-bond donors (Lipinski definition) is 0. The lowest BCUT2D eigenvalue weighted by atomic mass is 9.80. The average molecular weight is 451 g/mol. The third kappa shape index (κ3) is 8.96. The van der Waals surface area contributed by atoms with E-state index in [0.717, 1.165) is 37.5 Å². The number of unbranched alkanes of at least 4 members (excludes halogenated alkanes) is 2. The van der Waals surface area contributed by atoms with Gasteiger partial charge in [-0.3, -0.25) is 9.59 Å². The Bertz CT molecular complexity index is 579. The smallest absolute Gasteiger partial charge is 0.343 e. The predicted octanol–water partition coefficient (Wildman–Crippen LogP) is 6.07. The molecule has 3 atom stereocenters. The summed E-state index contributed by atoms with van der Waals surface area (Å²) in [6.45, 7) is 6.40. The zero-order chi connectivity index (χ0) is 23.3. The van der Waals surface area contributed by atoms with Gasteiger partial charge in [-0.2, -0.15) is 0 Å². The fourth-order valence-electron chi connectivity index (χ4n) is 5.65. The fourth-order valence-corrected chi connectivity index (χ4v) is 5.65. The SMILES string of the molecule is CCOC(=O)C(OCC)C(=O)CCCC[C@H]1C(=O)CC[C@@H]1CCCCC1CCC(C)CC1. The molecule has 0 aromatic carbocycles. The first-order valence-electron chi connectivity index (χ1n) is 13.3. The minimum absolute atomic E-state index is 0.174. The highest BCUT2D eigenvalue weighted by Gasteiger charge is 2.34. The van der Waals surface area contributed by atoms with Gasteiger partial charge in [0.15, 0.2) is 5.78 Å². The van der Waals surface area contributed by atoms with Crippen molar-refractivity contribution in [1.82, 2.24) is 0 Å². The standard InChI is InChI=1S/C27H46O5/c1-4-31-26(27(30)32-5-2)25(29)13-9-8-12-23-22(18-19-24(23)28)11-7-6-10-21-16-14-20(3)15-17-21/h20-23,26H,4-19H2,1-3H3/t20?,21?,22-,23+,26?/m0/s1. The Morgan fingerprint density at radius 1 is 0.906 bits per heavy atom. The van der Waals surface area contributed by atoms with Crippen LogP contribution in [0.5, 0.6) is 0 Å². The molecule has 184 valence electrons. The molecule has 0 aromatic rings. The van der Waals surface area contributed by atoms with Crippen molar-refractivity contribution in [2.45, 2.75) is 117 Å². The third-order valence-corrected chi connectivity index (χ3v) is 7.63. The van der Waals surface area contributed by atoms with Gasteiger partial charge in [0.25, 0.3) is 0 Å². The van der Waals surface area contributed by atoms with Crippen LogP contribution in [-0.4, -0.2) is 36.9 Å². The van der Waals surface area contributed by atoms with E-state index in [2.05, 4.69) is 6.92 Å². The number of ether oxygens (including phenoxy) is 2. The molecule has 1 unspecified atom stereocenters. The summed E-state index contributed by atoms with van der Waals surface area (Å²) in [5.41, 5.74) is 0. The van der Waals surface area contributed by atoms with Gasteiger partial charge in [-0.25, -0.2) is 4.79 Å². The van der Waals surface area contributed by atoms with Crippen LogP contribution in [0.4, 0.5) is 0 Å². The highest BCUT2D eigenvalue weighted by molar-refractivity contribution is 6.02. The second kappa shape index (κ2) is 14.8. The van der Waals surface area contributed by atoms with Crippen LogP contribution in [-0.2, 0) is 23.9 Å². The quantitative estimate of drug-likeness (QED) is 0.172. The lowest BCUT2D eigenvalue weighted by Gasteiger charge is -2.26. The first-order valence-corrected chi connectivity index (χ1v) is 13.3. The molecule has 0 radical (unpaired) electrons. The van der Waals surface area contributed by atoms with E-state index in [9.17, 15) is 14.4 Å². The maximum Gasteiger partial charge on any atom is 0.343 e. The monoisotopic (exact) mass is 450 g/mol. The number of esters is 1. The second-order valence-electron chi connectivity index (χ2n) is 10.1. The molecule has 5 nitrogen and oxygen atoms in total. The highest BCUT2D eigenvalue weighted by atomic mass is 16.6. The maximum atomic E-state index is 12.4. The fraction of sp³-hybridized carbons (Fsp3) is 0.889. The normalized spacial score (nSPS) is 26.8. The number of Topliss-reactive ketones (excluding diaryl/α,β-unsaturated/α-hetero) is 2. The Labute approximate surface area is 195 Å². The van der Waals surface area contributed by atoms with E-state index in [1.807, 2.05) is 0 Å². The molecule has 0 aliphatic heterocycles. The van der Waals surface area contributed by atoms with Crippen LogP contribution in [0, 0.1) is 23.7 Å². The van der Waals surface area contributed by atoms with Gasteiger partial charge in [-0.15, -0.1) is 0 Å². The van der Waals surface area contributed by atoms with Crippen LogP contribution in [0.1, 0.15) is 111 Å². The Morgan fingerprint density at radius 3 is 2.28 bits per heavy atom. The molecule has 32 heavy (non-hydrogen) atoms. The third-order valence-electron chi connectivity index (χ3n) is 7.63. The molecule has 0 N–H and O–H groups in total. The summed E-state index contributed by atoms with van der Waals surface area (Å²) >= 11 is 0. The van der Waals surface area contributed by atoms with Crippen molar-refractivity contribution in [2.24, 2.45) is 23.7 Å². The zero-order valence-corrected chi connectivity index (χ0v) is 20.7. The molecule has 0 bridgehead atoms. The molecule has 0 amide bonds. The van der Waals surface area contributed by atoms with E-state index in [1.54, 1.807) is 13.8 Å². The van der Waals surface area contributed by atoms with E-state index in [1.165, 1.54) is 51.4 Å².